The number of carbonyl (C=O) groups excluding carboxylic acids is 2. The summed E-state index contributed by atoms with van der Waals surface area (Å²) >= 11 is 0. The monoisotopic (exact) mass is 1090 g/mol. The first-order chi connectivity index (χ1) is 37.0. The van der Waals surface area contributed by atoms with Gasteiger partial charge in [0.1, 0.15) is 19.8 Å². The number of ether oxygens (including phenoxy) is 2. The fourth-order valence-corrected chi connectivity index (χ4v) is 9.89. The molecule has 0 N–H and O–H groups in total. The van der Waals surface area contributed by atoms with Crippen LogP contribution in [0.2, 0.25) is 0 Å². The zero-order chi connectivity index (χ0) is 55.6. The summed E-state index contributed by atoms with van der Waals surface area (Å²) in [7, 11) is 1.18. The molecule has 0 aliphatic rings. The number of allylic oxidation sites excluding steroid dienone is 10. The molecule has 0 aromatic carbocycles. The van der Waals surface area contributed by atoms with E-state index in [1.54, 1.807) is 0 Å². The molecule has 0 radical (unpaired) electrons. The van der Waals surface area contributed by atoms with Crippen LogP contribution in [0.5, 0.6) is 0 Å². The highest BCUT2D eigenvalue weighted by Gasteiger charge is 2.22. The molecule has 0 aromatic heterocycles. The lowest BCUT2D eigenvalue weighted by Crippen LogP contribution is -2.37. The van der Waals surface area contributed by atoms with Crippen molar-refractivity contribution in [2.45, 2.75) is 302 Å². The first kappa shape index (κ1) is 73.7. The van der Waals surface area contributed by atoms with Crippen LogP contribution in [-0.2, 0) is 32.7 Å². The molecule has 0 fully saturated rings. The Kier molecular flexibility index (Phi) is 55.7. The van der Waals surface area contributed by atoms with Gasteiger partial charge in [-0.25, -0.2) is 0 Å². The molecule has 0 aromatic rings. The molecule has 0 rings (SSSR count). The summed E-state index contributed by atoms with van der Waals surface area (Å²) in [5, 5.41) is 0. The van der Waals surface area contributed by atoms with Crippen molar-refractivity contribution in [1.29, 1.82) is 0 Å². The maximum absolute atomic E-state index is 12.8. The molecule has 9 nitrogen and oxygen atoms in total. The standard InChI is InChI=1S/C66H122NO8P/c1-6-8-10-12-14-16-18-19-20-21-22-23-24-25-26-27-28-29-30-31-32-33-34-35-36-37-38-39-40-41-42-43-44-45-46-47-49-51-53-55-57-59-66(69)75-64(63-74-76(70,71)73-61-60-67(3,4)5)62-72-65(68)58-56-54-52-50-48-17-15-13-11-9-7-2/h8,10,14,16,19-20,22-23,25-26,64H,6-7,9,11-13,15,17-18,21,24,27-63H2,1-5H3/b10-8-,16-14-,20-19-,23-22-,26-25-. The smallest absolute Gasteiger partial charge is 0.306 e. The fourth-order valence-electron chi connectivity index (χ4n) is 9.16. The highest BCUT2D eigenvalue weighted by molar-refractivity contribution is 7.45. The average Bonchev–Trinajstić information content (AvgIpc) is 3.38. The predicted molar refractivity (Wildman–Crippen MR) is 323 cm³/mol. The highest BCUT2D eigenvalue weighted by Crippen LogP contribution is 2.38. The zero-order valence-electron chi connectivity index (χ0n) is 50.5. The molecule has 0 spiro atoms. The topological polar surface area (TPSA) is 111 Å². The molecule has 0 heterocycles. The summed E-state index contributed by atoms with van der Waals surface area (Å²) in [4.78, 5) is 37.8. The van der Waals surface area contributed by atoms with Crippen LogP contribution in [0.4, 0.5) is 0 Å². The van der Waals surface area contributed by atoms with E-state index in [1.165, 1.54) is 199 Å². The summed E-state index contributed by atoms with van der Waals surface area (Å²) < 4.78 is 34.1. The van der Waals surface area contributed by atoms with E-state index < -0.39 is 26.5 Å². The second kappa shape index (κ2) is 57.4. The van der Waals surface area contributed by atoms with E-state index in [9.17, 15) is 19.0 Å². The van der Waals surface area contributed by atoms with Crippen LogP contribution >= 0.6 is 7.82 Å². The Bertz CT molecular complexity index is 1470. The van der Waals surface area contributed by atoms with Gasteiger partial charge in [-0.15, -0.1) is 0 Å². The number of hydrogen-bond acceptors (Lipinski definition) is 8. The zero-order valence-corrected chi connectivity index (χ0v) is 51.3. The van der Waals surface area contributed by atoms with Gasteiger partial charge in [0, 0.05) is 12.8 Å². The van der Waals surface area contributed by atoms with Crippen LogP contribution < -0.4 is 4.89 Å². The molecule has 2 atom stereocenters. The maximum Gasteiger partial charge on any atom is 0.306 e. The number of rotatable bonds is 59. The minimum Gasteiger partial charge on any atom is -0.756 e. The predicted octanol–water partition coefficient (Wildman–Crippen LogP) is 19.6. The molecule has 0 amide bonds. The van der Waals surface area contributed by atoms with E-state index >= 15 is 0 Å². The van der Waals surface area contributed by atoms with Crippen molar-refractivity contribution in [3.8, 4) is 0 Å². The van der Waals surface area contributed by atoms with Gasteiger partial charge in [0.2, 0.25) is 0 Å². The second-order valence-corrected chi connectivity index (χ2v) is 24.2. The Morgan fingerprint density at radius 1 is 0.421 bits per heavy atom. The summed E-state index contributed by atoms with van der Waals surface area (Å²) in [5.74, 6) is -0.820. The third-order valence-corrected chi connectivity index (χ3v) is 15.0. The van der Waals surface area contributed by atoms with E-state index in [0.29, 0.717) is 17.4 Å². The van der Waals surface area contributed by atoms with Crippen molar-refractivity contribution in [3.63, 3.8) is 0 Å². The fraction of sp³-hybridized carbons (Fsp3) is 0.818. The second-order valence-electron chi connectivity index (χ2n) is 22.8. The van der Waals surface area contributed by atoms with Gasteiger partial charge in [-0.1, -0.05) is 286 Å². The number of hydrogen-bond donors (Lipinski definition) is 0. The number of nitrogens with zero attached hydrogens (tertiary/aromatic N) is 1. The number of quaternary nitrogens is 1. The summed E-state index contributed by atoms with van der Waals surface area (Å²) in [6.07, 6.45) is 74.6. The lowest BCUT2D eigenvalue weighted by Gasteiger charge is -2.28. The summed E-state index contributed by atoms with van der Waals surface area (Å²) in [5.41, 5.74) is 0. The van der Waals surface area contributed by atoms with Crippen molar-refractivity contribution >= 4 is 19.8 Å². The van der Waals surface area contributed by atoms with Gasteiger partial charge in [-0.3, -0.25) is 14.2 Å². The van der Waals surface area contributed by atoms with Crippen molar-refractivity contribution in [1.82, 2.24) is 0 Å². The molecular formula is C66H122NO8P. The van der Waals surface area contributed by atoms with Crippen LogP contribution in [0, 0.1) is 0 Å². The molecular weight excluding hydrogens is 966 g/mol. The Morgan fingerprint density at radius 3 is 1.12 bits per heavy atom. The van der Waals surface area contributed by atoms with Gasteiger partial charge in [0.25, 0.3) is 7.82 Å². The molecule has 0 saturated heterocycles. The van der Waals surface area contributed by atoms with Gasteiger partial charge >= 0.3 is 11.9 Å². The van der Waals surface area contributed by atoms with Crippen LogP contribution in [0.15, 0.2) is 60.8 Å². The lowest BCUT2D eigenvalue weighted by molar-refractivity contribution is -0.870. The quantitative estimate of drug-likeness (QED) is 0.0195. The van der Waals surface area contributed by atoms with Crippen molar-refractivity contribution in [2.24, 2.45) is 0 Å². The van der Waals surface area contributed by atoms with E-state index in [0.717, 1.165) is 64.2 Å². The van der Waals surface area contributed by atoms with Crippen LogP contribution in [0.25, 0.3) is 0 Å². The highest BCUT2D eigenvalue weighted by atomic mass is 31.2. The first-order valence-electron chi connectivity index (χ1n) is 32.0. The van der Waals surface area contributed by atoms with Crippen LogP contribution in [-0.4, -0.2) is 70.0 Å². The number of carbonyl (C=O) groups is 2. The largest absolute Gasteiger partial charge is 0.756 e. The SMILES string of the molecule is CC/C=C\C/C=C\C/C=C\C/C=C\C/C=C\CCCCCCCCCCCCCCCCCCCCCCCCCCCC(=O)OC(COC(=O)CCCCCCCCCCCCC)COP(=O)([O-])OCC[N+](C)(C)C. The van der Waals surface area contributed by atoms with Crippen molar-refractivity contribution in [3.05, 3.63) is 60.8 Å². The number of esters is 2. The lowest BCUT2D eigenvalue weighted by atomic mass is 10.0. The first-order valence-corrected chi connectivity index (χ1v) is 33.5. The molecule has 0 aliphatic carbocycles. The molecule has 0 aliphatic heterocycles. The summed E-state index contributed by atoms with van der Waals surface area (Å²) in [6, 6.07) is 0. The number of phosphoric ester groups is 1. The molecule has 10 heteroatoms. The minimum absolute atomic E-state index is 0.0282. The van der Waals surface area contributed by atoms with Crippen molar-refractivity contribution in [2.75, 3.05) is 47.5 Å². The maximum atomic E-state index is 12.8. The third kappa shape index (κ3) is 60.9. The summed E-state index contributed by atoms with van der Waals surface area (Å²) in [6.45, 7) is 4.14. The number of unbranched alkanes of at least 4 members (excludes halogenated alkanes) is 35. The molecule has 0 saturated carbocycles. The van der Waals surface area contributed by atoms with Crippen molar-refractivity contribution < 1.29 is 42.1 Å². The van der Waals surface area contributed by atoms with Gasteiger partial charge in [-0.2, -0.15) is 0 Å². The van der Waals surface area contributed by atoms with E-state index in [-0.39, 0.29) is 32.0 Å². The minimum atomic E-state index is -4.63. The molecule has 76 heavy (non-hydrogen) atoms. The van der Waals surface area contributed by atoms with E-state index in [4.69, 9.17) is 18.5 Å². The van der Waals surface area contributed by atoms with Gasteiger partial charge < -0.3 is 27.9 Å². The molecule has 0 bridgehead atoms. The Labute approximate surface area is 470 Å². The Balaban J connectivity index is 3.83. The number of likely N-dealkylation sites (N-methyl/N-ethyl adjacent to an activating group) is 1. The average molecular weight is 1090 g/mol. The van der Waals surface area contributed by atoms with Crippen LogP contribution in [0.3, 0.4) is 0 Å². The normalized spacial score (nSPS) is 13.6. The van der Waals surface area contributed by atoms with Crippen LogP contribution in [0.1, 0.15) is 296 Å². The molecule has 2 unspecified atom stereocenters. The van der Waals surface area contributed by atoms with Gasteiger partial charge in [0.15, 0.2) is 6.10 Å². The number of phosphoric acid groups is 1. The Hall–Kier alpha value is -2.29. The molecule has 444 valence electrons. The third-order valence-electron chi connectivity index (χ3n) is 14.1. The van der Waals surface area contributed by atoms with E-state index in [2.05, 4.69) is 74.6 Å². The van der Waals surface area contributed by atoms with Gasteiger partial charge in [0.05, 0.1) is 27.7 Å². The van der Waals surface area contributed by atoms with E-state index in [1.807, 2.05) is 21.1 Å². The Morgan fingerprint density at radius 2 is 0.750 bits per heavy atom. The van der Waals surface area contributed by atoms with Gasteiger partial charge in [-0.05, 0) is 57.8 Å².